The van der Waals surface area contributed by atoms with Crippen LogP contribution in [-0.2, 0) is 6.42 Å². The summed E-state index contributed by atoms with van der Waals surface area (Å²) in [6.07, 6.45) is 1.82. The number of rotatable bonds is 2. The molecule has 5 heteroatoms. The van der Waals surface area contributed by atoms with Gasteiger partial charge in [-0.05, 0) is 13.3 Å². The molecular weight excluding hydrogens is 180 g/mol. The van der Waals surface area contributed by atoms with Crippen molar-refractivity contribution in [1.29, 1.82) is 0 Å². The van der Waals surface area contributed by atoms with Crippen LogP contribution >= 0.6 is 0 Å². The molecule has 0 radical (unpaired) electrons. The lowest BCUT2D eigenvalue weighted by molar-refractivity contribution is 0.785. The molecule has 5 nitrogen and oxygen atoms in total. The number of aromatic amines is 1. The molecule has 0 unspecified atom stereocenters. The fourth-order valence-electron chi connectivity index (χ4n) is 1.49. The third kappa shape index (κ3) is 1.41. The molecular formula is C9H12N4O. The van der Waals surface area contributed by atoms with Crippen LogP contribution in [0.3, 0.4) is 0 Å². The van der Waals surface area contributed by atoms with Gasteiger partial charge >= 0.3 is 0 Å². The summed E-state index contributed by atoms with van der Waals surface area (Å²) >= 11 is 0. The van der Waals surface area contributed by atoms with E-state index >= 15 is 0 Å². The predicted octanol–water partition coefficient (Wildman–Crippen LogP) is 0.679. The summed E-state index contributed by atoms with van der Waals surface area (Å²) in [5.41, 5.74) is 0.792. The molecule has 0 fully saturated rings. The van der Waals surface area contributed by atoms with Crippen LogP contribution in [-0.4, -0.2) is 19.6 Å². The maximum atomic E-state index is 11.3. The molecule has 0 atom stereocenters. The number of nitrogens with zero attached hydrogens (tertiary/aromatic N) is 3. The standard InChI is InChI=1S/C9H12N4O/c1-3-4-7-5-8(14)11-9-10-6(2)12-13(7)9/h5H,3-4H2,1-2H3,(H,10,11,12,14). The molecule has 0 bridgehead atoms. The fraction of sp³-hybridized carbons (Fsp3) is 0.444. The Balaban J connectivity index is 2.72. The summed E-state index contributed by atoms with van der Waals surface area (Å²) in [7, 11) is 0. The Labute approximate surface area is 80.8 Å². The molecule has 2 aromatic heterocycles. The van der Waals surface area contributed by atoms with Gasteiger partial charge in [0.1, 0.15) is 5.82 Å². The highest BCUT2D eigenvalue weighted by Gasteiger charge is 2.05. The van der Waals surface area contributed by atoms with Crippen molar-refractivity contribution in [2.24, 2.45) is 0 Å². The molecule has 0 spiro atoms. The Hall–Kier alpha value is -1.65. The first-order valence-corrected chi connectivity index (χ1v) is 4.66. The zero-order chi connectivity index (χ0) is 10.1. The summed E-state index contributed by atoms with van der Waals surface area (Å²) in [6, 6.07) is 1.57. The Morgan fingerprint density at radius 3 is 3.07 bits per heavy atom. The van der Waals surface area contributed by atoms with E-state index in [9.17, 15) is 4.79 Å². The highest BCUT2D eigenvalue weighted by molar-refractivity contribution is 5.28. The molecule has 2 heterocycles. The first kappa shape index (κ1) is 8.93. The van der Waals surface area contributed by atoms with Gasteiger partial charge in [0.2, 0.25) is 5.78 Å². The molecule has 0 amide bonds. The van der Waals surface area contributed by atoms with Crippen molar-refractivity contribution in [1.82, 2.24) is 19.6 Å². The third-order valence-electron chi connectivity index (χ3n) is 2.02. The van der Waals surface area contributed by atoms with E-state index in [2.05, 4.69) is 22.0 Å². The van der Waals surface area contributed by atoms with Crippen LogP contribution in [0.1, 0.15) is 24.9 Å². The van der Waals surface area contributed by atoms with Gasteiger partial charge in [-0.1, -0.05) is 13.3 Å². The number of H-pyrrole nitrogens is 1. The first-order chi connectivity index (χ1) is 6.70. The van der Waals surface area contributed by atoms with Crippen LogP contribution in [0.5, 0.6) is 0 Å². The van der Waals surface area contributed by atoms with Gasteiger partial charge in [0, 0.05) is 6.07 Å². The summed E-state index contributed by atoms with van der Waals surface area (Å²) in [4.78, 5) is 18.0. The van der Waals surface area contributed by atoms with Gasteiger partial charge in [0.05, 0.1) is 5.69 Å². The third-order valence-corrected chi connectivity index (χ3v) is 2.02. The van der Waals surface area contributed by atoms with Crippen LogP contribution < -0.4 is 5.56 Å². The Kier molecular flexibility index (Phi) is 2.07. The molecule has 74 valence electrons. The fourth-order valence-corrected chi connectivity index (χ4v) is 1.49. The Morgan fingerprint density at radius 2 is 2.36 bits per heavy atom. The summed E-state index contributed by atoms with van der Waals surface area (Å²) in [6.45, 7) is 3.87. The normalized spacial score (nSPS) is 11.0. The molecule has 2 aromatic rings. The highest BCUT2D eigenvalue weighted by Crippen LogP contribution is 2.02. The minimum absolute atomic E-state index is 0.117. The molecule has 14 heavy (non-hydrogen) atoms. The van der Waals surface area contributed by atoms with Crippen molar-refractivity contribution >= 4 is 5.78 Å². The molecule has 0 saturated heterocycles. The SMILES string of the molecule is CCCc1cc(=O)[nH]c2nc(C)nn12. The van der Waals surface area contributed by atoms with Crippen molar-refractivity contribution in [2.75, 3.05) is 0 Å². The van der Waals surface area contributed by atoms with E-state index in [1.165, 1.54) is 0 Å². The van der Waals surface area contributed by atoms with Crippen molar-refractivity contribution in [3.05, 3.63) is 27.9 Å². The summed E-state index contributed by atoms with van der Waals surface area (Å²) in [5.74, 6) is 1.20. The molecule has 0 aliphatic rings. The molecule has 2 rings (SSSR count). The molecule has 0 aromatic carbocycles. The number of nitrogens with one attached hydrogen (secondary N) is 1. The second-order valence-corrected chi connectivity index (χ2v) is 3.27. The smallest absolute Gasteiger partial charge is 0.252 e. The maximum Gasteiger partial charge on any atom is 0.252 e. The van der Waals surface area contributed by atoms with Crippen LogP contribution in [0.2, 0.25) is 0 Å². The van der Waals surface area contributed by atoms with E-state index in [-0.39, 0.29) is 5.56 Å². The van der Waals surface area contributed by atoms with E-state index in [1.807, 2.05) is 0 Å². The second-order valence-electron chi connectivity index (χ2n) is 3.27. The average Bonchev–Trinajstić information content (AvgIpc) is 2.45. The van der Waals surface area contributed by atoms with Crippen LogP contribution in [0.25, 0.3) is 5.78 Å². The summed E-state index contributed by atoms with van der Waals surface area (Å²) in [5, 5.41) is 4.21. The van der Waals surface area contributed by atoms with Crippen molar-refractivity contribution in [3.63, 3.8) is 0 Å². The topological polar surface area (TPSA) is 63.0 Å². The number of hydrogen-bond acceptors (Lipinski definition) is 3. The van der Waals surface area contributed by atoms with Gasteiger partial charge in [-0.3, -0.25) is 9.78 Å². The van der Waals surface area contributed by atoms with E-state index in [4.69, 9.17) is 0 Å². The lowest BCUT2D eigenvalue weighted by Gasteiger charge is -1.99. The average molecular weight is 192 g/mol. The molecule has 1 N–H and O–H groups in total. The number of hydrogen-bond donors (Lipinski definition) is 1. The van der Waals surface area contributed by atoms with Gasteiger partial charge in [-0.25, -0.2) is 4.52 Å². The van der Waals surface area contributed by atoms with E-state index in [1.54, 1.807) is 17.5 Å². The Bertz CT molecular complexity index is 511. The number of fused-ring (bicyclic) bond motifs is 1. The van der Waals surface area contributed by atoms with Crippen molar-refractivity contribution in [3.8, 4) is 0 Å². The number of aryl methyl sites for hydroxylation is 2. The zero-order valence-corrected chi connectivity index (χ0v) is 8.24. The van der Waals surface area contributed by atoms with Gasteiger partial charge in [0.15, 0.2) is 0 Å². The molecule has 0 aliphatic heterocycles. The lowest BCUT2D eigenvalue weighted by Crippen LogP contribution is -2.12. The van der Waals surface area contributed by atoms with Gasteiger partial charge in [-0.2, -0.15) is 10.1 Å². The highest BCUT2D eigenvalue weighted by atomic mass is 16.1. The monoisotopic (exact) mass is 192 g/mol. The second kappa shape index (κ2) is 3.25. The minimum atomic E-state index is -0.117. The van der Waals surface area contributed by atoms with Crippen LogP contribution in [0.4, 0.5) is 0 Å². The Morgan fingerprint density at radius 1 is 1.57 bits per heavy atom. The molecule has 0 aliphatic carbocycles. The lowest BCUT2D eigenvalue weighted by atomic mass is 10.2. The van der Waals surface area contributed by atoms with Crippen molar-refractivity contribution < 1.29 is 0 Å². The molecule has 0 saturated carbocycles. The van der Waals surface area contributed by atoms with Crippen molar-refractivity contribution in [2.45, 2.75) is 26.7 Å². The minimum Gasteiger partial charge on any atom is -0.291 e. The van der Waals surface area contributed by atoms with Crippen LogP contribution in [0.15, 0.2) is 10.9 Å². The van der Waals surface area contributed by atoms with Gasteiger partial charge in [0.25, 0.3) is 5.56 Å². The van der Waals surface area contributed by atoms with Gasteiger partial charge < -0.3 is 0 Å². The van der Waals surface area contributed by atoms with E-state index in [0.29, 0.717) is 11.6 Å². The van der Waals surface area contributed by atoms with Crippen LogP contribution in [0, 0.1) is 6.92 Å². The quantitative estimate of drug-likeness (QED) is 0.761. The van der Waals surface area contributed by atoms with E-state index in [0.717, 1.165) is 18.5 Å². The van der Waals surface area contributed by atoms with Gasteiger partial charge in [-0.15, -0.1) is 0 Å². The zero-order valence-electron chi connectivity index (χ0n) is 8.24. The van der Waals surface area contributed by atoms with E-state index < -0.39 is 0 Å². The predicted molar refractivity (Wildman–Crippen MR) is 52.3 cm³/mol. The maximum absolute atomic E-state index is 11.3. The number of aromatic nitrogens is 4. The first-order valence-electron chi connectivity index (χ1n) is 4.66. The summed E-state index contributed by atoms with van der Waals surface area (Å²) < 4.78 is 1.69. The largest absolute Gasteiger partial charge is 0.291 e.